The van der Waals surface area contributed by atoms with Crippen LogP contribution in [0.1, 0.15) is 50.9 Å². The number of fused-ring (bicyclic) bond motifs is 1. The van der Waals surface area contributed by atoms with Crippen LogP contribution >= 0.6 is 0 Å². The topological polar surface area (TPSA) is 47.4 Å². The molecular formula is C21H29N3O2. The Morgan fingerprint density at radius 1 is 1.23 bits per heavy atom. The lowest BCUT2D eigenvalue weighted by molar-refractivity contribution is -0.134. The molecule has 0 unspecified atom stereocenters. The SMILES string of the molecule is CCCc1ccc(OCC(=O)N2CCc3c(cnn3C(C)(C)C)C2)cc1. The first-order valence-electron chi connectivity index (χ1n) is 9.44. The zero-order valence-corrected chi connectivity index (χ0v) is 16.3. The molecule has 140 valence electrons. The maximum atomic E-state index is 12.5. The molecule has 1 aromatic carbocycles. The van der Waals surface area contributed by atoms with Gasteiger partial charge in [0.2, 0.25) is 0 Å². The molecule has 1 aliphatic rings. The number of aryl methyl sites for hydroxylation is 1. The highest BCUT2D eigenvalue weighted by molar-refractivity contribution is 5.78. The van der Waals surface area contributed by atoms with Gasteiger partial charge in [-0.2, -0.15) is 5.10 Å². The molecule has 0 radical (unpaired) electrons. The van der Waals surface area contributed by atoms with E-state index in [4.69, 9.17) is 4.74 Å². The number of nitrogens with zero attached hydrogens (tertiary/aromatic N) is 3. The second-order valence-corrected chi connectivity index (χ2v) is 7.95. The lowest BCUT2D eigenvalue weighted by atomic mass is 10.0. The summed E-state index contributed by atoms with van der Waals surface area (Å²) in [4.78, 5) is 14.4. The Labute approximate surface area is 156 Å². The summed E-state index contributed by atoms with van der Waals surface area (Å²) in [7, 11) is 0. The molecule has 1 aliphatic heterocycles. The fourth-order valence-corrected chi connectivity index (χ4v) is 3.40. The summed E-state index contributed by atoms with van der Waals surface area (Å²) >= 11 is 0. The molecule has 5 nitrogen and oxygen atoms in total. The molecule has 1 aromatic heterocycles. The molecule has 1 amide bonds. The number of hydrogen-bond acceptors (Lipinski definition) is 3. The Hall–Kier alpha value is -2.30. The first-order valence-corrected chi connectivity index (χ1v) is 9.44. The Morgan fingerprint density at radius 3 is 2.62 bits per heavy atom. The minimum Gasteiger partial charge on any atom is -0.484 e. The van der Waals surface area contributed by atoms with Crippen molar-refractivity contribution < 1.29 is 9.53 Å². The third-order valence-electron chi connectivity index (χ3n) is 4.75. The van der Waals surface area contributed by atoms with Crippen molar-refractivity contribution >= 4 is 5.91 Å². The number of aromatic nitrogens is 2. The highest BCUT2D eigenvalue weighted by Gasteiger charge is 2.27. The number of ether oxygens (including phenoxy) is 1. The molecule has 0 N–H and O–H groups in total. The van der Waals surface area contributed by atoms with Crippen LogP contribution in [-0.4, -0.2) is 33.7 Å². The Bertz CT molecular complexity index is 757. The van der Waals surface area contributed by atoms with Crippen molar-refractivity contribution in [2.45, 2.75) is 59.0 Å². The number of benzene rings is 1. The molecule has 5 heteroatoms. The van der Waals surface area contributed by atoms with Gasteiger partial charge in [0.05, 0.1) is 11.7 Å². The van der Waals surface area contributed by atoms with Gasteiger partial charge in [0, 0.05) is 30.8 Å². The van der Waals surface area contributed by atoms with Crippen LogP contribution < -0.4 is 4.74 Å². The molecule has 0 saturated heterocycles. The van der Waals surface area contributed by atoms with Crippen molar-refractivity contribution in [3.05, 3.63) is 47.3 Å². The van der Waals surface area contributed by atoms with Crippen LogP contribution in [-0.2, 0) is 29.7 Å². The van der Waals surface area contributed by atoms with E-state index in [0.717, 1.165) is 30.6 Å². The third kappa shape index (κ3) is 4.09. The van der Waals surface area contributed by atoms with Gasteiger partial charge in [-0.1, -0.05) is 25.5 Å². The first kappa shape index (κ1) is 18.5. The predicted molar refractivity (Wildman–Crippen MR) is 102 cm³/mol. The monoisotopic (exact) mass is 355 g/mol. The number of amides is 1. The van der Waals surface area contributed by atoms with Crippen molar-refractivity contribution in [1.82, 2.24) is 14.7 Å². The molecule has 3 rings (SSSR count). The summed E-state index contributed by atoms with van der Waals surface area (Å²) in [5, 5.41) is 4.53. The van der Waals surface area contributed by atoms with Crippen molar-refractivity contribution in [2.75, 3.05) is 13.2 Å². The van der Waals surface area contributed by atoms with Gasteiger partial charge in [0.1, 0.15) is 5.75 Å². The summed E-state index contributed by atoms with van der Waals surface area (Å²) in [6.45, 7) is 10.0. The van der Waals surface area contributed by atoms with E-state index < -0.39 is 0 Å². The summed E-state index contributed by atoms with van der Waals surface area (Å²) in [5.41, 5.74) is 3.65. The predicted octanol–water partition coefficient (Wildman–Crippen LogP) is 3.55. The maximum absolute atomic E-state index is 12.5. The molecule has 0 aliphatic carbocycles. The second kappa shape index (κ2) is 7.52. The van der Waals surface area contributed by atoms with Crippen LogP contribution in [0.3, 0.4) is 0 Å². The smallest absolute Gasteiger partial charge is 0.260 e. The van der Waals surface area contributed by atoms with Crippen LogP contribution in [0, 0.1) is 0 Å². The average molecular weight is 355 g/mol. The molecule has 0 bridgehead atoms. The molecule has 0 fully saturated rings. The van der Waals surface area contributed by atoms with Gasteiger partial charge < -0.3 is 9.64 Å². The Morgan fingerprint density at radius 2 is 1.96 bits per heavy atom. The van der Waals surface area contributed by atoms with E-state index >= 15 is 0 Å². The number of hydrogen-bond donors (Lipinski definition) is 0. The molecule has 0 atom stereocenters. The van der Waals surface area contributed by atoms with Crippen LogP contribution in [0.4, 0.5) is 0 Å². The summed E-state index contributed by atoms with van der Waals surface area (Å²) in [5.74, 6) is 0.772. The fraction of sp³-hybridized carbons (Fsp3) is 0.524. The Balaban J connectivity index is 1.57. The highest BCUT2D eigenvalue weighted by Crippen LogP contribution is 2.24. The normalized spacial score (nSPS) is 14.2. The number of carbonyl (C=O) groups excluding carboxylic acids is 1. The third-order valence-corrected chi connectivity index (χ3v) is 4.75. The fourth-order valence-electron chi connectivity index (χ4n) is 3.40. The first-order chi connectivity index (χ1) is 12.4. The number of carbonyl (C=O) groups is 1. The van der Waals surface area contributed by atoms with Gasteiger partial charge in [0.25, 0.3) is 5.91 Å². The van der Waals surface area contributed by atoms with Gasteiger partial charge in [-0.05, 0) is 44.9 Å². The average Bonchev–Trinajstić information content (AvgIpc) is 3.04. The standard InChI is InChI=1S/C21H29N3O2/c1-5-6-16-7-9-18(10-8-16)26-15-20(25)23-12-11-19-17(14-23)13-22-24(19)21(2,3)4/h7-10,13H,5-6,11-12,14-15H2,1-4H3. The Kier molecular flexibility index (Phi) is 5.35. The van der Waals surface area contributed by atoms with E-state index in [2.05, 4.69) is 49.6 Å². The van der Waals surface area contributed by atoms with E-state index in [0.29, 0.717) is 13.1 Å². The lowest BCUT2D eigenvalue weighted by Crippen LogP contribution is -2.40. The number of rotatable bonds is 5. The van der Waals surface area contributed by atoms with E-state index in [-0.39, 0.29) is 18.1 Å². The summed E-state index contributed by atoms with van der Waals surface area (Å²) in [6.07, 6.45) is 4.93. The molecular weight excluding hydrogens is 326 g/mol. The van der Waals surface area contributed by atoms with E-state index in [1.165, 1.54) is 11.3 Å². The quantitative estimate of drug-likeness (QED) is 0.824. The van der Waals surface area contributed by atoms with Crippen LogP contribution in [0.2, 0.25) is 0 Å². The summed E-state index contributed by atoms with van der Waals surface area (Å²) in [6, 6.07) is 8.02. The van der Waals surface area contributed by atoms with E-state index in [1.807, 2.05) is 23.2 Å². The lowest BCUT2D eigenvalue weighted by Gasteiger charge is -2.30. The molecule has 2 heterocycles. The zero-order chi connectivity index (χ0) is 18.7. The van der Waals surface area contributed by atoms with Crippen LogP contribution in [0.25, 0.3) is 0 Å². The van der Waals surface area contributed by atoms with Gasteiger partial charge >= 0.3 is 0 Å². The largest absolute Gasteiger partial charge is 0.484 e. The molecule has 2 aromatic rings. The maximum Gasteiger partial charge on any atom is 0.260 e. The zero-order valence-electron chi connectivity index (χ0n) is 16.3. The van der Waals surface area contributed by atoms with E-state index in [1.54, 1.807) is 0 Å². The molecule has 0 spiro atoms. The van der Waals surface area contributed by atoms with Gasteiger partial charge in [-0.15, -0.1) is 0 Å². The van der Waals surface area contributed by atoms with Gasteiger partial charge in [-0.25, -0.2) is 0 Å². The van der Waals surface area contributed by atoms with Crippen molar-refractivity contribution in [3.63, 3.8) is 0 Å². The molecule has 0 saturated carbocycles. The van der Waals surface area contributed by atoms with Crippen molar-refractivity contribution in [1.29, 1.82) is 0 Å². The minimum absolute atomic E-state index is 0.0248. The minimum atomic E-state index is -0.0349. The van der Waals surface area contributed by atoms with Crippen LogP contribution in [0.15, 0.2) is 30.5 Å². The summed E-state index contributed by atoms with van der Waals surface area (Å²) < 4.78 is 7.77. The van der Waals surface area contributed by atoms with Gasteiger partial charge in [0.15, 0.2) is 6.61 Å². The van der Waals surface area contributed by atoms with E-state index in [9.17, 15) is 4.79 Å². The van der Waals surface area contributed by atoms with Crippen molar-refractivity contribution in [3.8, 4) is 5.75 Å². The van der Waals surface area contributed by atoms with Crippen molar-refractivity contribution in [2.24, 2.45) is 0 Å². The van der Waals surface area contributed by atoms with Crippen LogP contribution in [0.5, 0.6) is 5.75 Å². The second-order valence-electron chi connectivity index (χ2n) is 7.95. The van der Waals surface area contributed by atoms with Gasteiger partial charge in [-0.3, -0.25) is 9.48 Å². The highest BCUT2D eigenvalue weighted by atomic mass is 16.5. The molecule has 26 heavy (non-hydrogen) atoms.